The van der Waals surface area contributed by atoms with E-state index in [1.807, 2.05) is 19.9 Å². The molecule has 0 aliphatic carbocycles. The fraction of sp³-hybridized carbons (Fsp3) is 0.278. The summed E-state index contributed by atoms with van der Waals surface area (Å²) in [5.41, 5.74) is 4.83. The van der Waals surface area contributed by atoms with E-state index in [1.54, 1.807) is 11.4 Å². The Bertz CT molecular complexity index is 994. The fourth-order valence-electron chi connectivity index (χ4n) is 2.72. The number of hydroxylamine groups is 1. The van der Waals surface area contributed by atoms with Crippen LogP contribution in [0.5, 0.6) is 0 Å². The molecule has 2 aromatic heterocycles. The predicted octanol–water partition coefficient (Wildman–Crippen LogP) is 3.53. The summed E-state index contributed by atoms with van der Waals surface area (Å²) in [6.07, 6.45) is -4.39. The highest BCUT2D eigenvalue weighted by Crippen LogP contribution is 2.29. The maximum Gasteiger partial charge on any atom is 0.416 e. The summed E-state index contributed by atoms with van der Waals surface area (Å²) < 4.78 is 39.2. The third-order valence-electron chi connectivity index (χ3n) is 3.98. The highest BCUT2D eigenvalue weighted by molar-refractivity contribution is 6.00. The summed E-state index contributed by atoms with van der Waals surface area (Å²) in [5, 5.41) is 4.30. The van der Waals surface area contributed by atoms with Gasteiger partial charge in [0.2, 0.25) is 0 Å². The van der Waals surface area contributed by atoms with Crippen LogP contribution >= 0.6 is 0 Å². The number of aromatic nitrogens is 3. The number of alkyl halides is 3. The van der Waals surface area contributed by atoms with E-state index in [-0.39, 0.29) is 12.2 Å². The van der Waals surface area contributed by atoms with Crippen LogP contribution in [-0.2, 0) is 17.6 Å². The van der Waals surface area contributed by atoms with Crippen LogP contribution in [0.4, 0.5) is 13.2 Å². The molecule has 0 unspecified atom stereocenters. The van der Waals surface area contributed by atoms with Crippen LogP contribution in [0.15, 0.2) is 30.3 Å². The smallest absolute Gasteiger partial charge is 0.269 e. The number of benzene rings is 1. The highest BCUT2D eigenvalue weighted by atomic mass is 19.4. The third kappa shape index (κ3) is 3.92. The van der Waals surface area contributed by atoms with Crippen molar-refractivity contribution in [1.29, 1.82) is 0 Å². The lowest BCUT2D eigenvalue weighted by atomic mass is 10.1. The summed E-state index contributed by atoms with van der Waals surface area (Å²) in [7, 11) is 0. The van der Waals surface area contributed by atoms with Crippen molar-refractivity contribution in [1.82, 2.24) is 20.1 Å². The van der Waals surface area contributed by atoms with E-state index < -0.39 is 17.6 Å². The van der Waals surface area contributed by atoms with Crippen LogP contribution in [0.25, 0.3) is 5.65 Å². The fourth-order valence-corrected chi connectivity index (χ4v) is 2.72. The van der Waals surface area contributed by atoms with Gasteiger partial charge in [0, 0.05) is 11.4 Å². The maximum atomic E-state index is 12.6. The molecule has 3 rings (SSSR count). The Morgan fingerprint density at radius 1 is 1.19 bits per heavy atom. The standard InChI is InChI=1S/C18H17F3N4O2/c1-10-8-11(2)25-16(22-10)15(12(3)23-25)17(26)24-27-9-13-4-6-14(7-5-13)18(19,20)21/h4-8H,9H2,1-3H3,(H,24,26). The molecule has 0 atom stereocenters. The lowest BCUT2D eigenvalue weighted by molar-refractivity contribution is -0.137. The topological polar surface area (TPSA) is 68.5 Å². The Morgan fingerprint density at radius 2 is 1.85 bits per heavy atom. The molecule has 0 aliphatic heterocycles. The summed E-state index contributed by atoms with van der Waals surface area (Å²) >= 11 is 0. The summed E-state index contributed by atoms with van der Waals surface area (Å²) in [6.45, 7) is 5.29. The third-order valence-corrected chi connectivity index (χ3v) is 3.98. The first-order valence-electron chi connectivity index (χ1n) is 8.08. The van der Waals surface area contributed by atoms with Crippen LogP contribution in [0.1, 0.15) is 38.6 Å². The van der Waals surface area contributed by atoms with Gasteiger partial charge in [0.15, 0.2) is 5.65 Å². The number of amides is 1. The molecule has 0 radical (unpaired) electrons. The zero-order chi connectivity index (χ0) is 19.8. The Morgan fingerprint density at radius 3 is 2.48 bits per heavy atom. The summed E-state index contributed by atoms with van der Waals surface area (Å²) in [6, 6.07) is 6.37. The maximum absolute atomic E-state index is 12.6. The average molecular weight is 378 g/mol. The zero-order valence-electron chi connectivity index (χ0n) is 14.9. The number of aryl methyl sites for hydroxylation is 3. The van der Waals surface area contributed by atoms with Crippen LogP contribution in [0, 0.1) is 20.8 Å². The number of carbonyl (C=O) groups excluding carboxylic acids is 1. The van der Waals surface area contributed by atoms with Gasteiger partial charge in [-0.3, -0.25) is 9.63 Å². The molecule has 3 aromatic rings. The van der Waals surface area contributed by atoms with E-state index in [4.69, 9.17) is 4.84 Å². The normalized spacial score (nSPS) is 11.8. The molecule has 1 N–H and O–H groups in total. The van der Waals surface area contributed by atoms with Crippen molar-refractivity contribution >= 4 is 11.6 Å². The highest BCUT2D eigenvalue weighted by Gasteiger charge is 2.29. The molecule has 0 fully saturated rings. The van der Waals surface area contributed by atoms with E-state index in [0.717, 1.165) is 23.5 Å². The molecule has 27 heavy (non-hydrogen) atoms. The molecule has 9 heteroatoms. The number of carbonyl (C=O) groups is 1. The van der Waals surface area contributed by atoms with Crippen LogP contribution in [0.2, 0.25) is 0 Å². The largest absolute Gasteiger partial charge is 0.416 e. The minimum atomic E-state index is -4.39. The number of hydrogen-bond acceptors (Lipinski definition) is 4. The second-order valence-electron chi connectivity index (χ2n) is 6.15. The molecule has 1 aromatic carbocycles. The summed E-state index contributed by atoms with van der Waals surface area (Å²) in [4.78, 5) is 22.0. The van der Waals surface area contributed by atoms with Crippen LogP contribution in [-0.4, -0.2) is 20.5 Å². The van der Waals surface area contributed by atoms with Crippen LogP contribution < -0.4 is 5.48 Å². The molecule has 2 heterocycles. The number of halogens is 3. The summed E-state index contributed by atoms with van der Waals surface area (Å²) in [5.74, 6) is -0.521. The van der Waals surface area contributed by atoms with Gasteiger partial charge in [0.25, 0.3) is 5.91 Å². The predicted molar refractivity (Wildman–Crippen MR) is 90.9 cm³/mol. The van der Waals surface area contributed by atoms with Gasteiger partial charge >= 0.3 is 6.18 Å². The first-order valence-corrected chi connectivity index (χ1v) is 8.08. The van der Waals surface area contributed by atoms with Crippen molar-refractivity contribution in [3.63, 3.8) is 0 Å². The van der Waals surface area contributed by atoms with Crippen molar-refractivity contribution in [3.05, 3.63) is 64.1 Å². The molecular formula is C18H17F3N4O2. The van der Waals surface area contributed by atoms with E-state index in [0.29, 0.717) is 16.9 Å². The number of nitrogens with one attached hydrogen (secondary N) is 1. The monoisotopic (exact) mass is 378 g/mol. The Balaban J connectivity index is 1.70. The molecule has 0 spiro atoms. The van der Waals surface area contributed by atoms with Gasteiger partial charge in [-0.1, -0.05) is 12.1 Å². The first kappa shape index (κ1) is 18.8. The lowest BCUT2D eigenvalue weighted by Gasteiger charge is -2.08. The van der Waals surface area contributed by atoms with Gasteiger partial charge in [-0.15, -0.1) is 0 Å². The minimum absolute atomic E-state index is 0.0758. The van der Waals surface area contributed by atoms with Crippen molar-refractivity contribution in [2.24, 2.45) is 0 Å². The molecule has 0 saturated heterocycles. The second-order valence-corrected chi connectivity index (χ2v) is 6.15. The lowest BCUT2D eigenvalue weighted by Crippen LogP contribution is -2.24. The molecule has 6 nitrogen and oxygen atoms in total. The van der Waals surface area contributed by atoms with Crippen molar-refractivity contribution in [2.45, 2.75) is 33.6 Å². The second kappa shape index (κ2) is 6.99. The Labute approximate surface area is 152 Å². The molecule has 0 aliphatic rings. The molecule has 142 valence electrons. The molecule has 1 amide bonds. The van der Waals surface area contributed by atoms with Gasteiger partial charge in [0.05, 0.1) is 17.9 Å². The Hall–Kier alpha value is -2.94. The van der Waals surface area contributed by atoms with E-state index in [2.05, 4.69) is 15.6 Å². The SMILES string of the molecule is Cc1cc(C)n2nc(C)c(C(=O)NOCc3ccc(C(F)(F)F)cc3)c2n1. The molecule has 0 saturated carbocycles. The minimum Gasteiger partial charge on any atom is -0.269 e. The van der Waals surface area contributed by atoms with Gasteiger partial charge in [-0.2, -0.15) is 18.3 Å². The average Bonchev–Trinajstić information content (AvgIpc) is 2.91. The Kier molecular flexibility index (Phi) is 4.88. The number of nitrogens with zero attached hydrogens (tertiary/aromatic N) is 3. The molecule has 0 bridgehead atoms. The van der Waals surface area contributed by atoms with Gasteiger partial charge < -0.3 is 0 Å². The zero-order valence-corrected chi connectivity index (χ0v) is 14.9. The van der Waals surface area contributed by atoms with E-state index in [1.165, 1.54) is 12.1 Å². The van der Waals surface area contributed by atoms with Crippen LogP contribution in [0.3, 0.4) is 0 Å². The van der Waals surface area contributed by atoms with Crippen molar-refractivity contribution < 1.29 is 22.8 Å². The van der Waals surface area contributed by atoms with E-state index in [9.17, 15) is 18.0 Å². The van der Waals surface area contributed by atoms with E-state index >= 15 is 0 Å². The first-order chi connectivity index (χ1) is 12.7. The number of rotatable bonds is 4. The number of hydrogen-bond donors (Lipinski definition) is 1. The van der Waals surface area contributed by atoms with Gasteiger partial charge in [-0.25, -0.2) is 15.0 Å². The quantitative estimate of drug-likeness (QED) is 0.705. The van der Waals surface area contributed by atoms with Gasteiger partial charge in [-0.05, 0) is 44.5 Å². The van der Waals surface area contributed by atoms with Gasteiger partial charge in [0.1, 0.15) is 5.56 Å². The van der Waals surface area contributed by atoms with Crippen molar-refractivity contribution in [3.8, 4) is 0 Å². The number of fused-ring (bicyclic) bond motifs is 1. The molecular weight excluding hydrogens is 361 g/mol. The van der Waals surface area contributed by atoms with Crippen molar-refractivity contribution in [2.75, 3.05) is 0 Å².